The number of allylic oxidation sites excluding steroid dienone is 1. The van der Waals surface area contributed by atoms with E-state index in [0.29, 0.717) is 19.3 Å². The molecule has 0 bridgehead atoms. The highest BCUT2D eigenvalue weighted by molar-refractivity contribution is 5.80. The van der Waals surface area contributed by atoms with Crippen LogP contribution >= 0.6 is 0 Å². The molecule has 1 amide bonds. The lowest BCUT2D eigenvalue weighted by Gasteiger charge is -2.34. The van der Waals surface area contributed by atoms with Gasteiger partial charge >= 0.3 is 5.97 Å². The third-order valence-electron chi connectivity index (χ3n) is 5.46. The Kier molecular flexibility index (Phi) is 5.95. The molecule has 28 heavy (non-hydrogen) atoms. The molecule has 0 saturated heterocycles. The summed E-state index contributed by atoms with van der Waals surface area (Å²) in [4.78, 5) is 29.4. The quantitative estimate of drug-likeness (QED) is 0.288. The topological polar surface area (TPSA) is 66.8 Å². The van der Waals surface area contributed by atoms with Crippen molar-refractivity contribution in [2.45, 2.75) is 37.6 Å². The van der Waals surface area contributed by atoms with Gasteiger partial charge in [-0.15, -0.1) is 6.58 Å². The maximum absolute atomic E-state index is 11.9. The minimum atomic E-state index is -1.43. The minimum absolute atomic E-state index is 0.0546. The van der Waals surface area contributed by atoms with Crippen molar-refractivity contribution in [2.24, 2.45) is 0 Å². The molecular formula is C23H25NO4. The molecule has 1 aliphatic rings. The normalized spacial score (nSPS) is 14.6. The molecule has 5 heteroatoms. The predicted molar refractivity (Wildman–Crippen MR) is 108 cm³/mol. The number of carbonyl (C=O) groups is 2. The average molecular weight is 379 g/mol. The molecule has 0 unspecified atom stereocenters. The number of hydrogen-bond donors (Lipinski definition) is 1. The van der Waals surface area contributed by atoms with Gasteiger partial charge in [-0.2, -0.15) is 0 Å². The van der Waals surface area contributed by atoms with Gasteiger partial charge in [-0.1, -0.05) is 54.6 Å². The van der Waals surface area contributed by atoms with Crippen LogP contribution in [0.15, 0.2) is 61.2 Å². The second kappa shape index (κ2) is 8.40. The van der Waals surface area contributed by atoms with E-state index in [0.717, 1.165) is 27.3 Å². The second-order valence-corrected chi connectivity index (χ2v) is 7.21. The van der Waals surface area contributed by atoms with E-state index in [-0.39, 0.29) is 18.9 Å². The van der Waals surface area contributed by atoms with Crippen LogP contribution in [-0.2, 0) is 14.4 Å². The summed E-state index contributed by atoms with van der Waals surface area (Å²) in [7, 11) is 0. The third-order valence-corrected chi connectivity index (χ3v) is 5.46. The first-order valence-electron chi connectivity index (χ1n) is 9.43. The van der Waals surface area contributed by atoms with Crippen LogP contribution in [0.5, 0.6) is 0 Å². The fourth-order valence-electron chi connectivity index (χ4n) is 3.79. The molecule has 0 fully saturated rings. The molecule has 2 aromatic carbocycles. The molecule has 0 radical (unpaired) electrons. The van der Waals surface area contributed by atoms with Crippen molar-refractivity contribution >= 4 is 12.4 Å². The predicted octanol–water partition coefficient (Wildman–Crippen LogP) is 4.39. The maximum atomic E-state index is 11.9. The van der Waals surface area contributed by atoms with Gasteiger partial charge in [-0.3, -0.25) is 9.63 Å². The lowest BCUT2D eigenvalue weighted by atomic mass is 9.94. The van der Waals surface area contributed by atoms with Gasteiger partial charge in [0.1, 0.15) is 0 Å². The number of amides is 1. The number of hydroxylamine groups is 2. The molecule has 146 valence electrons. The van der Waals surface area contributed by atoms with E-state index in [1.165, 1.54) is 6.92 Å². The Labute approximate surface area is 165 Å². The summed E-state index contributed by atoms with van der Waals surface area (Å²) in [6.45, 7) is 5.37. The molecular weight excluding hydrogens is 354 g/mol. The minimum Gasteiger partial charge on any atom is -0.479 e. The third kappa shape index (κ3) is 3.58. The summed E-state index contributed by atoms with van der Waals surface area (Å²) in [5.41, 5.74) is 3.12. The molecule has 0 aromatic heterocycles. The van der Waals surface area contributed by atoms with Crippen LogP contribution < -0.4 is 0 Å². The fraction of sp³-hybridized carbons (Fsp3) is 0.304. The van der Waals surface area contributed by atoms with Crippen molar-refractivity contribution in [1.29, 1.82) is 0 Å². The summed E-state index contributed by atoms with van der Waals surface area (Å²) in [5.74, 6) is -1.14. The van der Waals surface area contributed by atoms with E-state index in [9.17, 15) is 14.7 Å². The number of benzene rings is 2. The van der Waals surface area contributed by atoms with Crippen LogP contribution in [0.25, 0.3) is 11.1 Å². The van der Waals surface area contributed by atoms with Crippen LogP contribution in [0.2, 0.25) is 0 Å². The SMILES string of the molecule is C=CCCC[C@@](C)(C(=O)O)N(C=O)OCC1c2ccccc2-c2ccccc21. The Bertz CT molecular complexity index is 833. The van der Waals surface area contributed by atoms with Crippen LogP contribution in [-0.4, -0.2) is 34.7 Å². The van der Waals surface area contributed by atoms with Crippen molar-refractivity contribution < 1.29 is 19.5 Å². The maximum Gasteiger partial charge on any atom is 0.331 e. The Morgan fingerprint density at radius 1 is 1.18 bits per heavy atom. The Balaban J connectivity index is 1.82. The molecule has 0 heterocycles. The number of rotatable bonds is 10. The van der Waals surface area contributed by atoms with Crippen molar-refractivity contribution in [3.05, 3.63) is 72.3 Å². The van der Waals surface area contributed by atoms with Gasteiger partial charge in [0.25, 0.3) is 0 Å². The Hall–Kier alpha value is -2.92. The largest absolute Gasteiger partial charge is 0.479 e. The van der Waals surface area contributed by atoms with E-state index in [1.807, 2.05) is 24.3 Å². The summed E-state index contributed by atoms with van der Waals surface area (Å²) in [5, 5.41) is 10.7. The highest BCUT2D eigenvalue weighted by Gasteiger charge is 2.41. The lowest BCUT2D eigenvalue weighted by molar-refractivity contribution is -0.217. The Morgan fingerprint density at radius 3 is 2.25 bits per heavy atom. The lowest BCUT2D eigenvalue weighted by Crippen LogP contribution is -2.52. The van der Waals surface area contributed by atoms with Crippen molar-refractivity contribution in [3.63, 3.8) is 0 Å². The zero-order valence-corrected chi connectivity index (χ0v) is 16.0. The molecule has 2 aromatic rings. The summed E-state index contributed by atoms with van der Waals surface area (Å²) in [6, 6.07) is 16.2. The molecule has 1 N–H and O–H groups in total. The van der Waals surface area contributed by atoms with Crippen LogP contribution in [0, 0.1) is 0 Å². The van der Waals surface area contributed by atoms with E-state index < -0.39 is 11.5 Å². The number of carbonyl (C=O) groups excluding carboxylic acids is 1. The van der Waals surface area contributed by atoms with Gasteiger partial charge in [0.2, 0.25) is 6.41 Å². The number of fused-ring (bicyclic) bond motifs is 3. The zero-order valence-electron chi connectivity index (χ0n) is 16.0. The summed E-state index contributed by atoms with van der Waals surface area (Å²) >= 11 is 0. The number of carboxylic acid groups (broad SMARTS) is 1. The molecule has 0 spiro atoms. The van der Waals surface area contributed by atoms with Gasteiger partial charge in [0.05, 0.1) is 6.61 Å². The number of aliphatic carboxylic acids is 1. The number of nitrogens with zero attached hydrogens (tertiary/aromatic N) is 1. The van der Waals surface area contributed by atoms with Crippen LogP contribution in [0.3, 0.4) is 0 Å². The average Bonchev–Trinajstić information content (AvgIpc) is 3.02. The van der Waals surface area contributed by atoms with E-state index in [2.05, 4.69) is 30.8 Å². The zero-order chi connectivity index (χ0) is 20.1. The summed E-state index contributed by atoms with van der Waals surface area (Å²) in [6.07, 6.45) is 3.77. The highest BCUT2D eigenvalue weighted by atomic mass is 16.7. The van der Waals surface area contributed by atoms with Crippen molar-refractivity contribution in [3.8, 4) is 11.1 Å². The van der Waals surface area contributed by atoms with Crippen molar-refractivity contribution in [1.82, 2.24) is 5.06 Å². The number of hydrogen-bond acceptors (Lipinski definition) is 3. The van der Waals surface area contributed by atoms with Crippen molar-refractivity contribution in [2.75, 3.05) is 6.61 Å². The van der Waals surface area contributed by atoms with Gasteiger partial charge in [0, 0.05) is 5.92 Å². The van der Waals surface area contributed by atoms with Gasteiger partial charge in [0.15, 0.2) is 5.54 Å². The second-order valence-electron chi connectivity index (χ2n) is 7.21. The highest BCUT2D eigenvalue weighted by Crippen LogP contribution is 2.44. The number of carboxylic acids is 1. The van der Waals surface area contributed by atoms with Gasteiger partial charge in [-0.05, 0) is 48.4 Å². The molecule has 5 nitrogen and oxygen atoms in total. The molecule has 0 aliphatic heterocycles. The standard InChI is InChI=1S/C23H25NO4/c1-3-4-9-14-23(2,22(26)27)24(16-25)28-15-21-19-12-7-5-10-17(19)18-11-6-8-13-20(18)21/h3,5-8,10-13,16,21H,1,4,9,14-15H2,2H3,(H,26,27)/t23-/m0/s1. The fourth-order valence-corrected chi connectivity index (χ4v) is 3.79. The monoisotopic (exact) mass is 379 g/mol. The summed E-state index contributed by atoms with van der Waals surface area (Å²) < 4.78 is 0. The van der Waals surface area contributed by atoms with Crippen LogP contribution in [0.4, 0.5) is 0 Å². The Morgan fingerprint density at radius 2 is 1.75 bits per heavy atom. The van der Waals surface area contributed by atoms with E-state index >= 15 is 0 Å². The van der Waals surface area contributed by atoms with E-state index in [1.54, 1.807) is 6.08 Å². The molecule has 0 saturated carbocycles. The number of unbranched alkanes of at least 4 members (excludes halogenated alkanes) is 1. The van der Waals surface area contributed by atoms with Gasteiger partial charge in [-0.25, -0.2) is 9.86 Å². The first-order chi connectivity index (χ1) is 13.5. The van der Waals surface area contributed by atoms with Crippen LogP contribution in [0.1, 0.15) is 43.2 Å². The smallest absolute Gasteiger partial charge is 0.331 e. The van der Waals surface area contributed by atoms with Gasteiger partial charge < -0.3 is 5.11 Å². The molecule has 1 aliphatic carbocycles. The molecule has 3 rings (SSSR count). The first-order valence-corrected chi connectivity index (χ1v) is 9.43. The first kappa shape index (κ1) is 19.8. The van der Waals surface area contributed by atoms with E-state index in [4.69, 9.17) is 4.84 Å². The molecule has 1 atom stereocenters.